The molecule has 23 heavy (non-hydrogen) atoms. The first-order chi connectivity index (χ1) is 10.4. The number of carbonyl (C=O) groups is 3. The average molecular weight is 350 g/mol. The standard InChI is InChI=1S/C13H24N3O6P/c1-8(2)10(15-9(17)6-14)11(18)16(7-23(20)21)12(19)22-13(3,4)5/h8,10H,6-7,14H2,1-5H3,(H-,15,17,20,21)/p+1/t10-/m0/s1. The third-order valence-electron chi connectivity index (χ3n) is 2.58. The molecule has 1 unspecified atom stereocenters. The van der Waals surface area contributed by atoms with Crippen LogP contribution in [0.25, 0.3) is 0 Å². The van der Waals surface area contributed by atoms with Gasteiger partial charge in [0.05, 0.1) is 6.54 Å². The highest BCUT2D eigenvalue weighted by atomic mass is 31.1. The third-order valence-corrected chi connectivity index (χ3v) is 3.10. The predicted molar refractivity (Wildman–Crippen MR) is 83.6 cm³/mol. The molecule has 0 aliphatic heterocycles. The lowest BCUT2D eigenvalue weighted by molar-refractivity contribution is -0.136. The molecule has 0 radical (unpaired) electrons. The molecule has 2 atom stereocenters. The van der Waals surface area contributed by atoms with Crippen LogP contribution < -0.4 is 11.1 Å². The van der Waals surface area contributed by atoms with Gasteiger partial charge in [-0.3, -0.25) is 9.59 Å². The molecule has 132 valence electrons. The Hall–Kier alpha value is -1.57. The SMILES string of the molecule is CC(C)[C@H](NC(=O)CN)C(=O)N(C[P+](=O)O)C(=O)OC(C)(C)C. The van der Waals surface area contributed by atoms with Crippen molar-refractivity contribution in [3.05, 3.63) is 0 Å². The van der Waals surface area contributed by atoms with Crippen LogP contribution in [0.5, 0.6) is 0 Å². The zero-order chi connectivity index (χ0) is 18.4. The minimum atomic E-state index is -2.80. The van der Waals surface area contributed by atoms with E-state index in [1.165, 1.54) is 0 Å². The molecule has 0 aliphatic rings. The van der Waals surface area contributed by atoms with E-state index in [9.17, 15) is 18.9 Å². The van der Waals surface area contributed by atoms with E-state index in [1.807, 2.05) is 0 Å². The number of amides is 3. The summed E-state index contributed by atoms with van der Waals surface area (Å²) in [5.74, 6) is -1.76. The Labute approximate surface area is 136 Å². The van der Waals surface area contributed by atoms with Crippen molar-refractivity contribution in [3.8, 4) is 0 Å². The summed E-state index contributed by atoms with van der Waals surface area (Å²) in [4.78, 5) is 45.7. The van der Waals surface area contributed by atoms with Crippen LogP contribution in [0, 0.1) is 5.92 Å². The zero-order valence-corrected chi connectivity index (χ0v) is 14.9. The first kappa shape index (κ1) is 21.4. The van der Waals surface area contributed by atoms with Crippen LogP contribution in [-0.2, 0) is 18.9 Å². The van der Waals surface area contributed by atoms with Crippen LogP contribution in [0.3, 0.4) is 0 Å². The molecule has 0 heterocycles. The molecule has 0 saturated carbocycles. The molecule has 0 bridgehead atoms. The van der Waals surface area contributed by atoms with Crippen molar-refractivity contribution >= 4 is 25.9 Å². The van der Waals surface area contributed by atoms with Crippen LogP contribution in [0.4, 0.5) is 4.79 Å². The Bertz CT molecular complexity index is 475. The molecule has 10 heteroatoms. The van der Waals surface area contributed by atoms with Gasteiger partial charge in [0, 0.05) is 0 Å². The fraction of sp³-hybridized carbons (Fsp3) is 0.769. The van der Waals surface area contributed by atoms with Gasteiger partial charge in [0.1, 0.15) is 11.6 Å². The Morgan fingerprint density at radius 3 is 2.17 bits per heavy atom. The largest absolute Gasteiger partial charge is 0.528 e. The summed E-state index contributed by atoms with van der Waals surface area (Å²) in [7, 11) is -2.80. The second kappa shape index (κ2) is 8.90. The number of hydrogen-bond acceptors (Lipinski definition) is 6. The van der Waals surface area contributed by atoms with Crippen molar-refractivity contribution < 1.29 is 28.6 Å². The maximum atomic E-state index is 12.5. The Kier molecular flexibility index (Phi) is 8.30. The molecule has 0 fully saturated rings. The minimum Gasteiger partial charge on any atom is -0.443 e. The monoisotopic (exact) mass is 350 g/mol. The summed E-state index contributed by atoms with van der Waals surface area (Å²) >= 11 is 0. The number of nitrogens with two attached hydrogens (primary N) is 1. The molecule has 0 aromatic rings. The predicted octanol–water partition coefficient (Wildman–Crippen LogP) is 0.542. The summed E-state index contributed by atoms with van der Waals surface area (Å²) in [5, 5.41) is 2.40. The van der Waals surface area contributed by atoms with Gasteiger partial charge in [0.25, 0.3) is 12.2 Å². The van der Waals surface area contributed by atoms with Crippen LogP contribution in [0.15, 0.2) is 0 Å². The van der Waals surface area contributed by atoms with Gasteiger partial charge in [-0.1, -0.05) is 13.8 Å². The van der Waals surface area contributed by atoms with Crippen molar-refractivity contribution in [2.45, 2.75) is 46.3 Å². The molecule has 9 nitrogen and oxygen atoms in total. The molecule has 0 aliphatic carbocycles. The van der Waals surface area contributed by atoms with Gasteiger partial charge in [0.15, 0.2) is 0 Å². The van der Waals surface area contributed by atoms with E-state index in [1.54, 1.807) is 34.6 Å². The summed E-state index contributed by atoms with van der Waals surface area (Å²) in [5.41, 5.74) is 4.32. The highest BCUT2D eigenvalue weighted by Crippen LogP contribution is 2.20. The quantitative estimate of drug-likeness (QED) is 0.594. The lowest BCUT2D eigenvalue weighted by Crippen LogP contribution is -2.54. The Morgan fingerprint density at radius 2 is 1.83 bits per heavy atom. The van der Waals surface area contributed by atoms with Crippen molar-refractivity contribution in [1.29, 1.82) is 0 Å². The smallest absolute Gasteiger partial charge is 0.443 e. The van der Waals surface area contributed by atoms with Crippen molar-refractivity contribution in [1.82, 2.24) is 10.2 Å². The average Bonchev–Trinajstić information content (AvgIpc) is 2.38. The molecule has 3 amide bonds. The molecular formula is C13H25N3O6P+. The first-order valence-corrected chi connectivity index (χ1v) is 8.46. The third kappa shape index (κ3) is 8.01. The molecule has 0 spiro atoms. The summed E-state index contributed by atoms with van der Waals surface area (Å²) in [6.45, 7) is 7.79. The Morgan fingerprint density at radius 1 is 1.30 bits per heavy atom. The van der Waals surface area contributed by atoms with Crippen molar-refractivity contribution in [2.75, 3.05) is 12.8 Å². The van der Waals surface area contributed by atoms with E-state index in [-0.39, 0.29) is 12.5 Å². The highest BCUT2D eigenvalue weighted by molar-refractivity contribution is 7.37. The summed E-state index contributed by atoms with van der Waals surface area (Å²) in [6, 6.07) is -1.06. The van der Waals surface area contributed by atoms with Gasteiger partial charge in [-0.15, -0.1) is 0 Å². The van der Waals surface area contributed by atoms with E-state index in [0.717, 1.165) is 0 Å². The highest BCUT2D eigenvalue weighted by Gasteiger charge is 2.38. The second-order valence-corrected chi connectivity index (χ2v) is 7.22. The molecular weight excluding hydrogens is 325 g/mol. The maximum absolute atomic E-state index is 12.5. The van der Waals surface area contributed by atoms with E-state index >= 15 is 0 Å². The first-order valence-electron chi connectivity index (χ1n) is 7.06. The van der Waals surface area contributed by atoms with Crippen LogP contribution in [-0.4, -0.2) is 52.2 Å². The van der Waals surface area contributed by atoms with Crippen LogP contribution >= 0.6 is 8.03 Å². The van der Waals surface area contributed by atoms with Gasteiger partial charge in [0.2, 0.25) is 5.91 Å². The van der Waals surface area contributed by atoms with Crippen LogP contribution in [0.1, 0.15) is 34.6 Å². The minimum absolute atomic E-state index is 0.322. The number of imide groups is 1. The van der Waals surface area contributed by atoms with E-state index in [4.69, 9.17) is 15.4 Å². The number of rotatable bonds is 6. The van der Waals surface area contributed by atoms with Gasteiger partial charge in [-0.05, 0) is 31.3 Å². The van der Waals surface area contributed by atoms with Crippen molar-refractivity contribution in [3.63, 3.8) is 0 Å². The molecule has 0 aromatic heterocycles. The van der Waals surface area contributed by atoms with Gasteiger partial charge in [-0.2, -0.15) is 9.79 Å². The second-order valence-electron chi connectivity index (χ2n) is 6.23. The lowest BCUT2D eigenvalue weighted by atomic mass is 10.0. The van der Waals surface area contributed by atoms with E-state index < -0.39 is 43.9 Å². The fourth-order valence-electron chi connectivity index (χ4n) is 1.57. The fourth-order valence-corrected chi connectivity index (χ4v) is 2.07. The van der Waals surface area contributed by atoms with Gasteiger partial charge < -0.3 is 15.8 Å². The summed E-state index contributed by atoms with van der Waals surface area (Å²) in [6.07, 6.45) is -1.77. The number of ether oxygens (including phenoxy) is 1. The van der Waals surface area contributed by atoms with Crippen molar-refractivity contribution in [2.24, 2.45) is 11.7 Å². The van der Waals surface area contributed by atoms with Gasteiger partial charge in [-0.25, -0.2) is 4.79 Å². The maximum Gasteiger partial charge on any atom is 0.528 e. The Balaban J connectivity index is 5.41. The number of carbonyl (C=O) groups excluding carboxylic acids is 3. The normalized spacial score (nSPS) is 13.3. The molecule has 4 N–H and O–H groups in total. The molecule has 0 saturated heterocycles. The van der Waals surface area contributed by atoms with Gasteiger partial charge >= 0.3 is 14.1 Å². The van der Waals surface area contributed by atoms with Crippen LogP contribution in [0.2, 0.25) is 0 Å². The van der Waals surface area contributed by atoms with E-state index in [2.05, 4.69) is 5.32 Å². The topological polar surface area (TPSA) is 139 Å². The summed E-state index contributed by atoms with van der Waals surface area (Å²) < 4.78 is 16.2. The zero-order valence-electron chi connectivity index (χ0n) is 14.0. The lowest BCUT2D eigenvalue weighted by Gasteiger charge is -2.28. The van der Waals surface area contributed by atoms with E-state index in [0.29, 0.717) is 4.90 Å². The number of nitrogens with zero attached hydrogens (tertiary/aromatic N) is 1. The molecule has 0 rings (SSSR count). The molecule has 0 aromatic carbocycles. The number of hydrogen-bond donors (Lipinski definition) is 3. The number of nitrogens with one attached hydrogen (secondary N) is 1.